The van der Waals surface area contributed by atoms with E-state index in [1.54, 1.807) is 16.9 Å². The molecule has 0 atom stereocenters. The van der Waals surface area contributed by atoms with Gasteiger partial charge in [-0.05, 0) is 12.3 Å². The molecule has 0 saturated carbocycles. The number of fused-ring (bicyclic) bond motifs is 1. The van der Waals surface area contributed by atoms with Gasteiger partial charge < -0.3 is 5.73 Å². The van der Waals surface area contributed by atoms with E-state index in [9.17, 15) is 0 Å². The van der Waals surface area contributed by atoms with Gasteiger partial charge in [-0.3, -0.25) is 0 Å². The fourth-order valence-corrected chi connectivity index (χ4v) is 1.65. The predicted molar refractivity (Wildman–Crippen MR) is 61.0 cm³/mol. The first-order chi connectivity index (χ1) is 7.08. The number of rotatable bonds is 2. The van der Waals surface area contributed by atoms with E-state index in [2.05, 4.69) is 23.9 Å². The van der Waals surface area contributed by atoms with E-state index in [0.29, 0.717) is 22.3 Å². The third-order valence-corrected chi connectivity index (χ3v) is 2.35. The van der Waals surface area contributed by atoms with Crippen molar-refractivity contribution in [1.29, 1.82) is 0 Å². The number of nitrogens with zero attached hydrogens (tertiary/aromatic N) is 3. The highest BCUT2D eigenvalue weighted by atomic mass is 35.5. The second kappa shape index (κ2) is 3.70. The lowest BCUT2D eigenvalue weighted by Gasteiger charge is -2.00. The topological polar surface area (TPSA) is 56.2 Å². The average Bonchev–Trinajstić information content (AvgIpc) is 2.42. The summed E-state index contributed by atoms with van der Waals surface area (Å²) < 4.78 is 1.63. The number of halogens is 1. The summed E-state index contributed by atoms with van der Waals surface area (Å²) in [5.41, 5.74) is 8.17. The lowest BCUT2D eigenvalue weighted by atomic mass is 10.1. The van der Waals surface area contributed by atoms with E-state index < -0.39 is 0 Å². The molecule has 0 unspecified atom stereocenters. The molecular formula is C10H13ClN4. The Morgan fingerprint density at radius 1 is 1.53 bits per heavy atom. The lowest BCUT2D eigenvalue weighted by molar-refractivity contribution is 0.631. The highest BCUT2D eigenvalue weighted by molar-refractivity contribution is 6.30. The first kappa shape index (κ1) is 10.2. The molecule has 15 heavy (non-hydrogen) atoms. The third-order valence-electron chi connectivity index (χ3n) is 2.15. The molecule has 0 amide bonds. The van der Waals surface area contributed by atoms with Crippen LogP contribution >= 0.6 is 11.6 Å². The van der Waals surface area contributed by atoms with Crippen molar-refractivity contribution in [3.8, 4) is 0 Å². The Balaban J connectivity index is 2.54. The van der Waals surface area contributed by atoms with Gasteiger partial charge in [-0.1, -0.05) is 25.4 Å². The highest BCUT2D eigenvalue weighted by Gasteiger charge is 2.11. The predicted octanol–water partition coefficient (Wildman–Crippen LogP) is 2.16. The summed E-state index contributed by atoms with van der Waals surface area (Å²) in [5, 5.41) is 4.91. The summed E-state index contributed by atoms with van der Waals surface area (Å²) in [7, 11) is 0. The van der Waals surface area contributed by atoms with Crippen LogP contribution in [0.3, 0.4) is 0 Å². The van der Waals surface area contributed by atoms with Crippen molar-refractivity contribution in [3.05, 3.63) is 23.1 Å². The first-order valence-corrected chi connectivity index (χ1v) is 5.24. The monoisotopic (exact) mass is 224 g/mol. The normalized spacial score (nSPS) is 11.5. The Hall–Kier alpha value is -1.29. The molecule has 0 aromatic carbocycles. The second-order valence-electron chi connectivity index (χ2n) is 4.00. The van der Waals surface area contributed by atoms with Gasteiger partial charge >= 0.3 is 0 Å². The van der Waals surface area contributed by atoms with Crippen LogP contribution in [0.5, 0.6) is 0 Å². The first-order valence-electron chi connectivity index (χ1n) is 4.86. The van der Waals surface area contributed by atoms with Gasteiger partial charge in [0.1, 0.15) is 5.69 Å². The van der Waals surface area contributed by atoms with Crippen LogP contribution in [0.4, 0.5) is 5.69 Å². The zero-order valence-corrected chi connectivity index (χ0v) is 9.49. The van der Waals surface area contributed by atoms with Gasteiger partial charge in [0.15, 0.2) is 5.65 Å². The molecule has 0 spiro atoms. The van der Waals surface area contributed by atoms with Crippen molar-refractivity contribution in [2.75, 3.05) is 5.73 Å². The molecule has 2 aromatic rings. The smallest absolute Gasteiger partial charge is 0.178 e. The maximum Gasteiger partial charge on any atom is 0.178 e. The number of nitrogens with two attached hydrogens (primary N) is 1. The Kier molecular flexibility index (Phi) is 2.52. The van der Waals surface area contributed by atoms with Crippen molar-refractivity contribution >= 4 is 22.9 Å². The highest BCUT2D eigenvalue weighted by Crippen LogP contribution is 2.20. The number of nitrogen functional groups attached to an aromatic ring is 1. The molecule has 0 aliphatic carbocycles. The maximum atomic E-state index is 5.95. The Morgan fingerprint density at radius 2 is 2.27 bits per heavy atom. The Labute approximate surface area is 93.1 Å². The second-order valence-corrected chi connectivity index (χ2v) is 4.44. The molecule has 2 aromatic heterocycles. The Bertz CT molecular complexity index is 489. The van der Waals surface area contributed by atoms with Crippen LogP contribution in [0.25, 0.3) is 5.65 Å². The molecule has 80 valence electrons. The zero-order valence-electron chi connectivity index (χ0n) is 8.74. The minimum atomic E-state index is 0.521. The number of anilines is 1. The van der Waals surface area contributed by atoms with Crippen LogP contribution in [-0.2, 0) is 6.42 Å². The van der Waals surface area contributed by atoms with Gasteiger partial charge in [-0.2, -0.15) is 5.10 Å². The summed E-state index contributed by atoms with van der Waals surface area (Å²) in [6.07, 6.45) is 4.14. The number of hydrogen-bond acceptors (Lipinski definition) is 3. The quantitative estimate of drug-likeness (QED) is 0.851. The van der Waals surface area contributed by atoms with Crippen LogP contribution in [-0.4, -0.2) is 14.6 Å². The molecular weight excluding hydrogens is 212 g/mol. The van der Waals surface area contributed by atoms with Gasteiger partial charge in [0.2, 0.25) is 0 Å². The summed E-state index contributed by atoms with van der Waals surface area (Å²) in [5.74, 6) is 0.521. The summed E-state index contributed by atoms with van der Waals surface area (Å²) in [6.45, 7) is 4.26. The van der Waals surface area contributed by atoms with Gasteiger partial charge in [0, 0.05) is 6.20 Å². The lowest BCUT2D eigenvalue weighted by Crippen LogP contribution is -1.98. The van der Waals surface area contributed by atoms with Crippen LogP contribution in [0.2, 0.25) is 5.02 Å². The van der Waals surface area contributed by atoms with Gasteiger partial charge in [-0.25, -0.2) is 9.50 Å². The van der Waals surface area contributed by atoms with E-state index in [1.807, 2.05) is 0 Å². The number of aromatic nitrogens is 3. The molecule has 0 radical (unpaired) electrons. The minimum Gasteiger partial charge on any atom is -0.394 e. The molecule has 2 N–H and O–H groups in total. The largest absolute Gasteiger partial charge is 0.394 e. The standard InChI is InChI=1S/C10H13ClN4/c1-6(2)3-8-9(12)10-13-4-7(11)5-15(10)14-8/h4-6H,3,12H2,1-2H3. The van der Waals surface area contributed by atoms with E-state index >= 15 is 0 Å². The summed E-state index contributed by atoms with van der Waals surface area (Å²) >= 11 is 5.82. The average molecular weight is 225 g/mol. The summed E-state index contributed by atoms with van der Waals surface area (Å²) in [6, 6.07) is 0. The molecule has 4 nitrogen and oxygen atoms in total. The van der Waals surface area contributed by atoms with Crippen LogP contribution in [0, 0.1) is 5.92 Å². The van der Waals surface area contributed by atoms with Crippen LogP contribution in [0.1, 0.15) is 19.5 Å². The SMILES string of the molecule is CC(C)Cc1nn2cc(Cl)cnc2c1N. The van der Waals surface area contributed by atoms with Crippen molar-refractivity contribution in [2.45, 2.75) is 20.3 Å². The summed E-state index contributed by atoms with van der Waals surface area (Å²) in [4.78, 5) is 4.15. The molecule has 0 fully saturated rings. The third kappa shape index (κ3) is 1.90. The molecule has 0 aliphatic rings. The zero-order chi connectivity index (χ0) is 11.0. The van der Waals surface area contributed by atoms with E-state index in [4.69, 9.17) is 17.3 Å². The molecule has 0 saturated heterocycles. The fourth-order valence-electron chi connectivity index (χ4n) is 1.51. The van der Waals surface area contributed by atoms with Crippen molar-refractivity contribution in [1.82, 2.24) is 14.6 Å². The minimum absolute atomic E-state index is 0.521. The van der Waals surface area contributed by atoms with E-state index in [-0.39, 0.29) is 0 Å². The van der Waals surface area contributed by atoms with Crippen molar-refractivity contribution < 1.29 is 0 Å². The molecule has 2 heterocycles. The van der Waals surface area contributed by atoms with Crippen molar-refractivity contribution in [2.24, 2.45) is 5.92 Å². The number of hydrogen-bond donors (Lipinski definition) is 1. The molecule has 5 heteroatoms. The van der Waals surface area contributed by atoms with Gasteiger partial charge in [-0.15, -0.1) is 0 Å². The van der Waals surface area contributed by atoms with E-state index in [1.165, 1.54) is 0 Å². The van der Waals surface area contributed by atoms with Crippen molar-refractivity contribution in [3.63, 3.8) is 0 Å². The van der Waals surface area contributed by atoms with Gasteiger partial charge in [0.25, 0.3) is 0 Å². The van der Waals surface area contributed by atoms with Crippen LogP contribution in [0.15, 0.2) is 12.4 Å². The molecule has 2 rings (SSSR count). The van der Waals surface area contributed by atoms with Gasteiger partial charge in [0.05, 0.1) is 16.9 Å². The van der Waals surface area contributed by atoms with E-state index in [0.717, 1.165) is 12.1 Å². The fraction of sp³-hybridized carbons (Fsp3) is 0.400. The molecule has 0 bridgehead atoms. The maximum absolute atomic E-state index is 5.95. The van der Waals surface area contributed by atoms with Crippen LogP contribution < -0.4 is 5.73 Å². The Morgan fingerprint density at radius 3 is 2.93 bits per heavy atom. The molecule has 0 aliphatic heterocycles.